The van der Waals surface area contributed by atoms with Crippen molar-refractivity contribution in [1.82, 2.24) is 0 Å². The van der Waals surface area contributed by atoms with Crippen molar-refractivity contribution < 1.29 is 24.4 Å². The van der Waals surface area contributed by atoms with Crippen molar-refractivity contribution in [2.45, 2.75) is 244 Å². The molecule has 0 amide bonds. The zero-order chi connectivity index (χ0) is 35.6. The largest absolute Gasteiger partial charge is 0.479 e. The zero-order valence-corrected chi connectivity index (χ0v) is 33.9. The molecule has 1 rings (SSSR count). The van der Waals surface area contributed by atoms with Gasteiger partial charge in [-0.25, -0.2) is 0 Å². The van der Waals surface area contributed by atoms with Crippen molar-refractivity contribution in [2.75, 3.05) is 13.2 Å². The number of hydrogen-bond donors (Lipinski definition) is 2. The fourth-order valence-corrected chi connectivity index (χ4v) is 7.53. The number of thiocarbonyl (C=S) groups is 2. The first-order chi connectivity index (χ1) is 24.0. The van der Waals surface area contributed by atoms with Crippen LogP contribution >= 0.6 is 24.4 Å². The molecular formula is C42H80O5S2. The maximum absolute atomic E-state index is 10.6. The summed E-state index contributed by atoms with van der Waals surface area (Å²) in [6.07, 6.45) is 38.5. The van der Waals surface area contributed by atoms with Crippen molar-refractivity contribution in [3.8, 4) is 0 Å². The van der Waals surface area contributed by atoms with Crippen LogP contribution in [0, 0.1) is 0 Å². The molecule has 2 N–H and O–H groups in total. The maximum Gasteiger partial charge on any atom is 0.160 e. The molecule has 1 fully saturated rings. The average Bonchev–Trinajstić information content (AvgIpc) is 3.45. The molecular weight excluding hydrogens is 649 g/mol. The van der Waals surface area contributed by atoms with Crippen molar-refractivity contribution in [3.05, 3.63) is 0 Å². The van der Waals surface area contributed by atoms with Crippen LogP contribution in [0.5, 0.6) is 0 Å². The lowest BCUT2D eigenvalue weighted by atomic mass is 10.0. The van der Waals surface area contributed by atoms with E-state index in [1.165, 1.54) is 167 Å². The first kappa shape index (κ1) is 46.7. The Morgan fingerprint density at radius 2 is 0.878 bits per heavy atom. The van der Waals surface area contributed by atoms with E-state index in [2.05, 4.69) is 13.8 Å². The van der Waals surface area contributed by atoms with Gasteiger partial charge in [-0.1, -0.05) is 194 Å². The van der Waals surface area contributed by atoms with Crippen molar-refractivity contribution in [1.29, 1.82) is 0 Å². The van der Waals surface area contributed by atoms with Gasteiger partial charge in [-0.2, -0.15) is 0 Å². The van der Waals surface area contributed by atoms with E-state index >= 15 is 0 Å². The van der Waals surface area contributed by atoms with E-state index in [1.807, 2.05) is 0 Å². The summed E-state index contributed by atoms with van der Waals surface area (Å²) in [4.78, 5) is 0. The highest BCUT2D eigenvalue weighted by atomic mass is 32.1. The highest BCUT2D eigenvalue weighted by molar-refractivity contribution is 7.80. The van der Waals surface area contributed by atoms with E-state index in [-0.39, 0.29) is 13.2 Å². The summed E-state index contributed by atoms with van der Waals surface area (Å²) in [6, 6.07) is 0. The van der Waals surface area contributed by atoms with Gasteiger partial charge >= 0.3 is 0 Å². The van der Waals surface area contributed by atoms with Gasteiger partial charge in [0.1, 0.15) is 12.2 Å². The summed E-state index contributed by atoms with van der Waals surface area (Å²) >= 11 is 11.1. The third kappa shape index (κ3) is 27.0. The second-order valence-corrected chi connectivity index (χ2v) is 15.8. The Morgan fingerprint density at radius 1 is 0.551 bits per heavy atom. The van der Waals surface area contributed by atoms with Crippen LogP contribution in [-0.4, -0.2) is 57.9 Å². The molecule has 0 aliphatic carbocycles. The fourth-order valence-electron chi connectivity index (χ4n) is 7.01. The fraction of sp³-hybridized carbons (Fsp3) is 0.952. The first-order valence-electron chi connectivity index (χ1n) is 21.3. The van der Waals surface area contributed by atoms with Crippen LogP contribution in [0.1, 0.15) is 219 Å². The third-order valence-corrected chi connectivity index (χ3v) is 10.8. The molecule has 1 aliphatic rings. The summed E-state index contributed by atoms with van der Waals surface area (Å²) < 4.78 is 17.8. The molecule has 49 heavy (non-hydrogen) atoms. The zero-order valence-electron chi connectivity index (χ0n) is 32.3. The van der Waals surface area contributed by atoms with Gasteiger partial charge in [-0.3, -0.25) is 0 Å². The van der Waals surface area contributed by atoms with E-state index in [9.17, 15) is 10.2 Å². The van der Waals surface area contributed by atoms with E-state index in [0.717, 1.165) is 25.7 Å². The summed E-state index contributed by atoms with van der Waals surface area (Å²) in [5.41, 5.74) is 0. The topological polar surface area (TPSA) is 68.2 Å². The van der Waals surface area contributed by atoms with E-state index < -0.39 is 24.4 Å². The minimum Gasteiger partial charge on any atom is -0.479 e. The van der Waals surface area contributed by atoms with Gasteiger partial charge in [-0.15, -0.1) is 0 Å². The van der Waals surface area contributed by atoms with Gasteiger partial charge in [0.15, 0.2) is 22.3 Å². The Bertz CT molecular complexity index is 751. The molecule has 0 aromatic rings. The molecule has 0 bridgehead atoms. The van der Waals surface area contributed by atoms with Crippen molar-refractivity contribution >= 4 is 34.5 Å². The predicted octanol–water partition coefficient (Wildman–Crippen LogP) is 12.7. The molecule has 0 spiro atoms. The van der Waals surface area contributed by atoms with Crippen LogP contribution in [0.4, 0.5) is 0 Å². The number of unbranched alkanes of at least 4 members (excludes halogenated alkanes) is 28. The minimum absolute atomic E-state index is 0.141. The smallest absolute Gasteiger partial charge is 0.160 e. The molecule has 290 valence electrons. The second-order valence-electron chi connectivity index (χ2n) is 14.9. The Labute approximate surface area is 314 Å². The van der Waals surface area contributed by atoms with Crippen LogP contribution in [0.2, 0.25) is 0 Å². The maximum atomic E-state index is 10.6. The number of aliphatic hydroxyl groups excluding tert-OH is 2. The predicted molar refractivity (Wildman–Crippen MR) is 217 cm³/mol. The van der Waals surface area contributed by atoms with Gasteiger partial charge < -0.3 is 24.4 Å². The number of aliphatic hydroxyl groups is 2. The molecule has 0 aromatic carbocycles. The molecule has 7 heteroatoms. The Balaban J connectivity index is 2.08. The average molecular weight is 729 g/mol. The first-order valence-corrected chi connectivity index (χ1v) is 22.1. The molecule has 0 radical (unpaired) electrons. The van der Waals surface area contributed by atoms with Crippen LogP contribution in [0.25, 0.3) is 0 Å². The van der Waals surface area contributed by atoms with Gasteiger partial charge in [0.25, 0.3) is 0 Å². The lowest BCUT2D eigenvalue weighted by Crippen LogP contribution is -2.45. The monoisotopic (exact) mass is 729 g/mol. The summed E-state index contributed by atoms with van der Waals surface area (Å²) in [5.74, 6) is 0. The lowest BCUT2D eigenvalue weighted by molar-refractivity contribution is -0.0577. The van der Waals surface area contributed by atoms with E-state index in [1.54, 1.807) is 0 Å². The summed E-state index contributed by atoms with van der Waals surface area (Å²) in [6.45, 7) is 4.45. The summed E-state index contributed by atoms with van der Waals surface area (Å²) in [7, 11) is 0. The van der Waals surface area contributed by atoms with Crippen molar-refractivity contribution in [2.24, 2.45) is 0 Å². The lowest BCUT2D eigenvalue weighted by Gasteiger charge is -2.28. The van der Waals surface area contributed by atoms with E-state index in [4.69, 9.17) is 38.6 Å². The second kappa shape index (κ2) is 34.7. The van der Waals surface area contributed by atoms with Gasteiger partial charge in [0.2, 0.25) is 0 Å². The highest BCUT2D eigenvalue weighted by Gasteiger charge is 2.44. The SMILES string of the molecule is CCCCCCCCCCCCCCCCCC(=S)O[C@@H]1[C@H]([C@@H](CO)OC(=S)CCCCCCCCCCCCCCCCC)OC[C@@H]1O. The van der Waals surface area contributed by atoms with Crippen molar-refractivity contribution in [3.63, 3.8) is 0 Å². The van der Waals surface area contributed by atoms with Gasteiger partial charge in [0.05, 0.1) is 13.2 Å². The number of ether oxygens (including phenoxy) is 3. The molecule has 1 saturated heterocycles. The molecule has 0 unspecified atom stereocenters. The van der Waals surface area contributed by atoms with E-state index in [0.29, 0.717) is 22.9 Å². The standard InChI is InChI=1S/C42H80O5S2/c1-3-5-7-9-11-13-15-17-19-21-23-25-27-29-31-33-39(48)46-38(35-43)42-41(37(44)36-45-42)47-40(49)34-32-30-28-26-24-22-20-18-16-14-12-10-8-6-4-2/h37-38,41-44H,3-36H2,1-2H3/t37-,38+,41-,42-/m0/s1. The number of rotatable bonds is 36. The Kier molecular flexibility index (Phi) is 33.1. The van der Waals surface area contributed by atoms with Crippen LogP contribution in [0.15, 0.2) is 0 Å². The van der Waals surface area contributed by atoms with Gasteiger partial charge in [-0.05, 0) is 37.3 Å². The Hall–Kier alpha value is -0.340. The summed E-state index contributed by atoms with van der Waals surface area (Å²) in [5, 5.41) is 21.7. The quantitative estimate of drug-likeness (QED) is 0.0492. The van der Waals surface area contributed by atoms with Crippen LogP contribution in [0.3, 0.4) is 0 Å². The molecule has 5 nitrogen and oxygen atoms in total. The molecule has 1 aliphatic heterocycles. The highest BCUT2D eigenvalue weighted by Crippen LogP contribution is 2.25. The van der Waals surface area contributed by atoms with Gasteiger partial charge in [0, 0.05) is 12.8 Å². The normalized spacial score (nSPS) is 18.2. The molecule has 0 aromatic heterocycles. The van der Waals surface area contributed by atoms with Crippen LogP contribution < -0.4 is 0 Å². The molecule has 0 saturated carbocycles. The Morgan fingerprint density at radius 3 is 1.22 bits per heavy atom. The molecule has 1 heterocycles. The number of hydrogen-bond acceptors (Lipinski definition) is 7. The third-order valence-electron chi connectivity index (χ3n) is 10.2. The van der Waals surface area contributed by atoms with Crippen LogP contribution in [-0.2, 0) is 14.2 Å². The minimum atomic E-state index is -0.800. The molecule has 4 atom stereocenters.